The fourth-order valence-corrected chi connectivity index (χ4v) is 10.8. The summed E-state index contributed by atoms with van der Waals surface area (Å²) in [6.45, 7) is 0. The molecule has 0 N–H and O–H groups in total. The van der Waals surface area contributed by atoms with Crippen LogP contribution in [-0.2, 0) is 0 Å². The summed E-state index contributed by atoms with van der Waals surface area (Å²) in [5.74, 6) is 2.00. The van der Waals surface area contributed by atoms with Crippen LogP contribution in [0.4, 0.5) is 0 Å². The molecule has 4 nitrogen and oxygen atoms in total. The Balaban J connectivity index is 1.02. The van der Waals surface area contributed by atoms with Gasteiger partial charge in [0.2, 0.25) is 0 Å². The Kier molecular flexibility index (Phi) is 7.24. The number of hydrogen-bond donors (Lipinski definition) is 0. The van der Waals surface area contributed by atoms with Gasteiger partial charge in [0, 0.05) is 73.5 Å². The largest absolute Gasteiger partial charge is 0.309 e. The number of fused-ring (bicyclic) bond motifs is 9. The number of rotatable bonds is 5. The average Bonchev–Trinajstić information content (AvgIpc) is 3.96. The molecule has 57 heavy (non-hydrogen) atoms. The van der Waals surface area contributed by atoms with Crippen molar-refractivity contribution in [2.45, 2.75) is 0 Å². The SMILES string of the molecule is c1ccc(-c2nc(-c3ccccc3)nc(-c3cccc4c3sc3ccc(-c5cccc6sc7ccc(-n8c9ccccc9c9ccccc98)cc7c56)cc34)n2)cc1. The van der Waals surface area contributed by atoms with Crippen molar-refractivity contribution in [3.63, 3.8) is 0 Å². The van der Waals surface area contributed by atoms with Crippen molar-refractivity contribution >= 4 is 84.8 Å². The Hall–Kier alpha value is -6.99. The van der Waals surface area contributed by atoms with E-state index in [1.807, 2.05) is 47.7 Å². The highest BCUT2D eigenvalue weighted by atomic mass is 32.1. The number of benzene rings is 8. The molecule has 8 aromatic carbocycles. The minimum Gasteiger partial charge on any atom is -0.309 e. The van der Waals surface area contributed by atoms with Crippen molar-refractivity contribution < 1.29 is 0 Å². The molecule has 266 valence electrons. The van der Waals surface area contributed by atoms with Crippen LogP contribution in [0.25, 0.3) is 113 Å². The van der Waals surface area contributed by atoms with Crippen molar-refractivity contribution in [2.75, 3.05) is 0 Å². The topological polar surface area (TPSA) is 43.6 Å². The molecule has 0 bridgehead atoms. The Morgan fingerprint density at radius 2 is 0.930 bits per heavy atom. The second-order valence-electron chi connectivity index (χ2n) is 14.4. The molecule has 12 rings (SSSR count). The Labute approximate surface area is 335 Å². The summed E-state index contributed by atoms with van der Waals surface area (Å²) in [4.78, 5) is 15.1. The van der Waals surface area contributed by atoms with Crippen LogP contribution in [0.3, 0.4) is 0 Å². The summed E-state index contributed by atoms with van der Waals surface area (Å²) in [5.41, 5.74) is 8.99. The monoisotopic (exact) mass is 762 g/mol. The number of hydrogen-bond acceptors (Lipinski definition) is 5. The van der Waals surface area contributed by atoms with Gasteiger partial charge in [-0.25, -0.2) is 15.0 Å². The van der Waals surface area contributed by atoms with Gasteiger partial charge in [-0.05, 0) is 65.7 Å². The molecule has 0 unspecified atom stereocenters. The van der Waals surface area contributed by atoms with Crippen LogP contribution in [0.2, 0.25) is 0 Å². The van der Waals surface area contributed by atoms with E-state index in [-0.39, 0.29) is 0 Å². The van der Waals surface area contributed by atoms with E-state index in [4.69, 9.17) is 15.0 Å². The van der Waals surface area contributed by atoms with E-state index in [1.54, 1.807) is 11.3 Å². The molecule has 0 aliphatic rings. The Bertz CT molecular complexity index is 3410. The molecule has 0 saturated heterocycles. The van der Waals surface area contributed by atoms with E-state index in [2.05, 4.69) is 150 Å². The van der Waals surface area contributed by atoms with E-state index in [0.29, 0.717) is 17.5 Å². The molecule has 4 aromatic heterocycles. The fraction of sp³-hybridized carbons (Fsp3) is 0. The van der Waals surface area contributed by atoms with Crippen LogP contribution in [-0.4, -0.2) is 19.5 Å². The van der Waals surface area contributed by atoms with E-state index < -0.39 is 0 Å². The van der Waals surface area contributed by atoms with Gasteiger partial charge in [0.25, 0.3) is 0 Å². The summed E-state index contributed by atoms with van der Waals surface area (Å²) in [6.07, 6.45) is 0. The Morgan fingerprint density at radius 1 is 0.351 bits per heavy atom. The van der Waals surface area contributed by atoms with Crippen molar-refractivity contribution in [1.29, 1.82) is 0 Å². The van der Waals surface area contributed by atoms with Gasteiger partial charge in [-0.1, -0.05) is 127 Å². The lowest BCUT2D eigenvalue weighted by atomic mass is 9.97. The smallest absolute Gasteiger partial charge is 0.165 e. The average molecular weight is 763 g/mol. The van der Waals surface area contributed by atoms with Gasteiger partial charge in [0.05, 0.1) is 11.0 Å². The molecule has 0 atom stereocenters. The molecule has 0 aliphatic carbocycles. The van der Waals surface area contributed by atoms with Crippen LogP contribution in [0.15, 0.2) is 182 Å². The van der Waals surface area contributed by atoms with Crippen molar-refractivity contribution in [2.24, 2.45) is 0 Å². The highest BCUT2D eigenvalue weighted by Crippen LogP contribution is 2.45. The fourth-order valence-electron chi connectivity index (χ4n) is 8.47. The molecule has 0 spiro atoms. The first-order valence-electron chi connectivity index (χ1n) is 19.0. The van der Waals surface area contributed by atoms with Gasteiger partial charge < -0.3 is 4.57 Å². The second kappa shape index (κ2) is 12.8. The van der Waals surface area contributed by atoms with Crippen LogP contribution < -0.4 is 0 Å². The standard InChI is InChI=1S/C51H30N4S2/c1-3-13-31(14-4-1)49-52-50(32-15-5-2-6-16-32)54-51(53-49)39-21-11-20-38-40-29-33(25-27-44(40)57-48(38)39)35-19-12-24-46-47(35)41-30-34(26-28-45(41)56-46)55-42-22-9-7-17-36(42)37-18-8-10-23-43(37)55/h1-30H. The number of nitrogens with zero attached hydrogens (tertiary/aromatic N) is 4. The van der Waals surface area contributed by atoms with Gasteiger partial charge in [-0.15, -0.1) is 22.7 Å². The minimum absolute atomic E-state index is 0.664. The molecule has 12 aromatic rings. The normalized spacial score (nSPS) is 11.9. The molecule has 0 aliphatic heterocycles. The summed E-state index contributed by atoms with van der Waals surface area (Å²) in [6, 6.07) is 65.0. The van der Waals surface area contributed by atoms with E-state index >= 15 is 0 Å². The lowest BCUT2D eigenvalue weighted by Crippen LogP contribution is -2.00. The molecular formula is C51H30N4S2. The summed E-state index contributed by atoms with van der Waals surface area (Å²) < 4.78 is 7.39. The quantitative estimate of drug-likeness (QED) is 0.175. The predicted octanol–water partition coefficient (Wildman–Crippen LogP) is 14.4. The van der Waals surface area contributed by atoms with E-state index in [1.165, 1.54) is 79.0 Å². The second-order valence-corrected chi connectivity index (χ2v) is 16.5. The molecule has 4 heterocycles. The molecule has 0 amide bonds. The van der Waals surface area contributed by atoms with Crippen molar-refractivity contribution in [3.05, 3.63) is 182 Å². The van der Waals surface area contributed by atoms with E-state index in [0.717, 1.165) is 16.7 Å². The van der Waals surface area contributed by atoms with Crippen LogP contribution >= 0.6 is 22.7 Å². The highest BCUT2D eigenvalue weighted by Gasteiger charge is 2.19. The van der Waals surface area contributed by atoms with Gasteiger partial charge in [0.15, 0.2) is 17.5 Å². The summed E-state index contributed by atoms with van der Waals surface area (Å²) in [5, 5.41) is 7.55. The molecule has 6 heteroatoms. The zero-order valence-electron chi connectivity index (χ0n) is 30.4. The van der Waals surface area contributed by atoms with Crippen molar-refractivity contribution in [1.82, 2.24) is 19.5 Å². The maximum Gasteiger partial charge on any atom is 0.165 e. The zero-order chi connectivity index (χ0) is 37.5. The van der Waals surface area contributed by atoms with Gasteiger partial charge >= 0.3 is 0 Å². The lowest BCUT2D eigenvalue weighted by molar-refractivity contribution is 1.08. The zero-order valence-corrected chi connectivity index (χ0v) is 32.1. The van der Waals surface area contributed by atoms with Gasteiger partial charge in [0.1, 0.15) is 0 Å². The minimum atomic E-state index is 0.664. The first kappa shape index (κ1) is 32.3. The van der Waals surface area contributed by atoms with Crippen molar-refractivity contribution in [3.8, 4) is 51.0 Å². The highest BCUT2D eigenvalue weighted by molar-refractivity contribution is 7.26. The van der Waals surface area contributed by atoms with Gasteiger partial charge in [-0.3, -0.25) is 0 Å². The summed E-state index contributed by atoms with van der Waals surface area (Å²) in [7, 11) is 0. The lowest BCUT2D eigenvalue weighted by Gasteiger charge is -2.09. The van der Waals surface area contributed by atoms with E-state index in [9.17, 15) is 0 Å². The third kappa shape index (κ3) is 5.15. The van der Waals surface area contributed by atoms with Gasteiger partial charge in [-0.2, -0.15) is 0 Å². The molecule has 0 fully saturated rings. The van der Waals surface area contributed by atoms with Crippen LogP contribution in [0, 0.1) is 0 Å². The maximum atomic E-state index is 5.08. The predicted molar refractivity (Wildman–Crippen MR) is 242 cm³/mol. The third-order valence-electron chi connectivity index (χ3n) is 11.1. The Morgan fingerprint density at radius 3 is 1.65 bits per heavy atom. The number of aromatic nitrogens is 4. The first-order chi connectivity index (χ1) is 28.2. The molecular weight excluding hydrogens is 733 g/mol. The third-order valence-corrected chi connectivity index (χ3v) is 13.4. The maximum absolute atomic E-state index is 5.08. The van der Waals surface area contributed by atoms with Crippen LogP contribution in [0.5, 0.6) is 0 Å². The number of thiophene rings is 2. The molecule has 0 saturated carbocycles. The summed E-state index contributed by atoms with van der Waals surface area (Å²) >= 11 is 3.66. The first-order valence-corrected chi connectivity index (χ1v) is 20.7. The van der Waals surface area contributed by atoms with Crippen LogP contribution in [0.1, 0.15) is 0 Å². The number of para-hydroxylation sites is 2. The molecule has 0 radical (unpaired) electrons.